The number of amides is 1. The second-order valence-corrected chi connectivity index (χ2v) is 8.49. The lowest BCUT2D eigenvalue weighted by molar-refractivity contribution is -0.125. The summed E-state index contributed by atoms with van der Waals surface area (Å²) in [5, 5.41) is 3.05. The fourth-order valence-electron chi connectivity index (χ4n) is 2.91. The number of rotatable bonds is 5. The molecule has 0 unspecified atom stereocenters. The zero-order chi connectivity index (χ0) is 19.4. The normalized spacial score (nSPS) is 15.0. The van der Waals surface area contributed by atoms with Gasteiger partial charge < -0.3 is 14.5 Å². The number of ether oxygens (including phenoxy) is 1. The van der Waals surface area contributed by atoms with E-state index in [4.69, 9.17) is 9.72 Å². The summed E-state index contributed by atoms with van der Waals surface area (Å²) < 4.78 is 18.7. The van der Waals surface area contributed by atoms with Gasteiger partial charge in [-0.25, -0.2) is 9.37 Å². The van der Waals surface area contributed by atoms with Gasteiger partial charge in [0.2, 0.25) is 5.91 Å². The van der Waals surface area contributed by atoms with Crippen molar-refractivity contribution in [2.45, 2.75) is 27.2 Å². The van der Waals surface area contributed by atoms with E-state index in [1.165, 1.54) is 12.1 Å². The number of benzene rings is 1. The maximum atomic E-state index is 13.3. The quantitative estimate of drug-likeness (QED) is 0.779. The summed E-state index contributed by atoms with van der Waals surface area (Å²) in [6, 6.07) is 6.08. The Labute approximate surface area is 163 Å². The summed E-state index contributed by atoms with van der Waals surface area (Å²) in [5.41, 5.74) is 1.16. The number of hydrogen-bond acceptors (Lipinski definition) is 5. The highest BCUT2D eigenvalue weighted by atomic mass is 32.1. The molecule has 1 aromatic carbocycles. The molecule has 27 heavy (non-hydrogen) atoms. The minimum absolute atomic E-state index is 0.0118. The van der Waals surface area contributed by atoms with E-state index < -0.39 is 5.41 Å². The summed E-state index contributed by atoms with van der Waals surface area (Å²) in [6.45, 7) is 9.37. The third kappa shape index (κ3) is 5.05. The van der Waals surface area contributed by atoms with Gasteiger partial charge in [-0.15, -0.1) is 11.3 Å². The summed E-state index contributed by atoms with van der Waals surface area (Å²) >= 11 is 1.63. The first-order valence-corrected chi connectivity index (χ1v) is 10.1. The highest BCUT2D eigenvalue weighted by Crippen LogP contribution is 2.25. The van der Waals surface area contributed by atoms with Gasteiger partial charge in [0.15, 0.2) is 5.13 Å². The zero-order valence-electron chi connectivity index (χ0n) is 16.1. The third-order valence-electron chi connectivity index (χ3n) is 4.44. The average molecular weight is 392 g/mol. The highest BCUT2D eigenvalue weighted by molar-refractivity contribution is 7.13. The van der Waals surface area contributed by atoms with E-state index in [9.17, 15) is 9.18 Å². The lowest BCUT2D eigenvalue weighted by atomic mass is 9.94. The van der Waals surface area contributed by atoms with Crippen molar-refractivity contribution in [3.05, 3.63) is 41.2 Å². The fourth-order valence-corrected chi connectivity index (χ4v) is 3.82. The second-order valence-electron chi connectivity index (χ2n) is 7.65. The lowest BCUT2D eigenvalue weighted by Crippen LogP contribution is -2.41. The maximum absolute atomic E-state index is 13.3. The molecule has 146 valence electrons. The van der Waals surface area contributed by atoms with Crippen LogP contribution in [0.5, 0.6) is 0 Å². The van der Waals surface area contributed by atoms with Crippen molar-refractivity contribution in [3.63, 3.8) is 0 Å². The third-order valence-corrected chi connectivity index (χ3v) is 5.39. The molecule has 0 spiro atoms. The van der Waals surface area contributed by atoms with Gasteiger partial charge in [-0.2, -0.15) is 0 Å². The molecule has 3 rings (SSSR count). The van der Waals surface area contributed by atoms with Gasteiger partial charge in [-0.1, -0.05) is 20.8 Å². The van der Waals surface area contributed by atoms with Gasteiger partial charge in [-0.05, 0) is 24.3 Å². The van der Waals surface area contributed by atoms with Gasteiger partial charge in [0.05, 0.1) is 18.9 Å². The molecule has 2 aromatic rings. The van der Waals surface area contributed by atoms with E-state index in [0.717, 1.165) is 37.1 Å². The number of thiazole rings is 1. The van der Waals surface area contributed by atoms with Crippen LogP contribution in [0.25, 0.3) is 0 Å². The lowest BCUT2D eigenvalue weighted by Gasteiger charge is -2.29. The molecule has 0 atom stereocenters. The Kier molecular flexibility index (Phi) is 6.11. The first-order chi connectivity index (χ1) is 12.8. The van der Waals surface area contributed by atoms with Crippen molar-refractivity contribution < 1.29 is 13.9 Å². The van der Waals surface area contributed by atoms with Crippen LogP contribution in [0.2, 0.25) is 0 Å². The number of hydrogen-bond donors (Lipinski definition) is 0. The molecule has 1 fully saturated rings. The topological polar surface area (TPSA) is 45.7 Å². The van der Waals surface area contributed by atoms with Crippen molar-refractivity contribution >= 4 is 28.1 Å². The molecule has 1 saturated heterocycles. The molecule has 1 amide bonds. The van der Waals surface area contributed by atoms with E-state index in [1.54, 1.807) is 28.4 Å². The van der Waals surface area contributed by atoms with Crippen LogP contribution in [0, 0.1) is 11.2 Å². The number of morpholine rings is 1. The molecular weight excluding hydrogens is 365 g/mol. The van der Waals surface area contributed by atoms with Crippen LogP contribution < -0.4 is 9.80 Å². The van der Waals surface area contributed by atoms with Crippen LogP contribution in [0.3, 0.4) is 0 Å². The van der Waals surface area contributed by atoms with Crippen molar-refractivity contribution in [1.82, 2.24) is 4.98 Å². The van der Waals surface area contributed by atoms with Crippen LogP contribution in [0.15, 0.2) is 29.6 Å². The number of anilines is 2. The average Bonchev–Trinajstić information content (AvgIpc) is 3.12. The van der Waals surface area contributed by atoms with Crippen LogP contribution in [0.4, 0.5) is 15.2 Å². The molecular formula is C20H26FN3O2S. The van der Waals surface area contributed by atoms with Crippen molar-refractivity contribution in [2.24, 2.45) is 5.41 Å². The number of aromatic nitrogens is 1. The Morgan fingerprint density at radius 3 is 2.56 bits per heavy atom. The van der Waals surface area contributed by atoms with E-state index >= 15 is 0 Å². The minimum atomic E-state index is -0.518. The standard InChI is InChI=1S/C20H26FN3O2S/c1-20(2,3)18(25)24(17-6-4-15(21)5-7-17)9-8-16-14-27-19(22-16)23-10-12-26-13-11-23/h4-7,14H,8-13H2,1-3H3. The first-order valence-electron chi connectivity index (χ1n) is 9.19. The Bertz CT molecular complexity index is 764. The molecule has 5 nitrogen and oxygen atoms in total. The van der Waals surface area contributed by atoms with E-state index in [2.05, 4.69) is 10.3 Å². The van der Waals surface area contributed by atoms with Gasteiger partial charge in [0, 0.05) is 42.5 Å². The number of carbonyl (C=O) groups excluding carboxylic acids is 1. The van der Waals surface area contributed by atoms with Crippen LogP contribution in [-0.4, -0.2) is 43.7 Å². The monoisotopic (exact) mass is 391 g/mol. The highest BCUT2D eigenvalue weighted by Gasteiger charge is 2.28. The smallest absolute Gasteiger partial charge is 0.232 e. The van der Waals surface area contributed by atoms with Gasteiger partial charge >= 0.3 is 0 Å². The molecule has 1 aliphatic rings. The fraction of sp³-hybridized carbons (Fsp3) is 0.500. The summed E-state index contributed by atoms with van der Waals surface area (Å²) in [7, 11) is 0. The summed E-state index contributed by atoms with van der Waals surface area (Å²) in [4.78, 5) is 21.6. The van der Waals surface area contributed by atoms with Crippen LogP contribution >= 0.6 is 11.3 Å². The first kappa shape index (κ1) is 19.8. The molecule has 7 heteroatoms. The zero-order valence-corrected chi connectivity index (χ0v) is 16.9. The number of nitrogens with zero attached hydrogens (tertiary/aromatic N) is 3. The summed E-state index contributed by atoms with van der Waals surface area (Å²) in [5.74, 6) is -0.297. The molecule has 0 N–H and O–H groups in total. The predicted octanol–water partition coefficient (Wildman–Crippen LogP) is 3.74. The molecule has 0 aliphatic carbocycles. The predicted molar refractivity (Wildman–Crippen MR) is 107 cm³/mol. The van der Waals surface area contributed by atoms with Crippen molar-refractivity contribution in [2.75, 3.05) is 42.6 Å². The van der Waals surface area contributed by atoms with Gasteiger partial charge in [0.25, 0.3) is 0 Å². The van der Waals surface area contributed by atoms with Crippen molar-refractivity contribution in [1.29, 1.82) is 0 Å². The second kappa shape index (κ2) is 8.35. The Hall–Kier alpha value is -1.99. The maximum Gasteiger partial charge on any atom is 0.232 e. The molecule has 2 heterocycles. The minimum Gasteiger partial charge on any atom is -0.378 e. The summed E-state index contributed by atoms with van der Waals surface area (Å²) in [6.07, 6.45) is 0.653. The Balaban J connectivity index is 1.72. The van der Waals surface area contributed by atoms with E-state index in [0.29, 0.717) is 18.7 Å². The number of carbonyl (C=O) groups is 1. The van der Waals surface area contributed by atoms with E-state index in [-0.39, 0.29) is 11.7 Å². The Morgan fingerprint density at radius 2 is 1.93 bits per heavy atom. The van der Waals surface area contributed by atoms with Gasteiger partial charge in [0.1, 0.15) is 5.82 Å². The SMILES string of the molecule is CC(C)(C)C(=O)N(CCc1csc(N2CCOCC2)n1)c1ccc(F)cc1. The Morgan fingerprint density at radius 1 is 1.26 bits per heavy atom. The van der Waals surface area contributed by atoms with E-state index in [1.807, 2.05) is 20.8 Å². The largest absolute Gasteiger partial charge is 0.378 e. The number of halogens is 1. The molecule has 1 aromatic heterocycles. The van der Waals surface area contributed by atoms with Gasteiger partial charge in [-0.3, -0.25) is 4.79 Å². The van der Waals surface area contributed by atoms with Crippen molar-refractivity contribution in [3.8, 4) is 0 Å². The van der Waals surface area contributed by atoms with Crippen LogP contribution in [0.1, 0.15) is 26.5 Å². The molecule has 0 saturated carbocycles. The molecule has 0 radical (unpaired) electrons. The van der Waals surface area contributed by atoms with Crippen LogP contribution in [-0.2, 0) is 16.0 Å². The molecule has 0 bridgehead atoms. The molecule has 1 aliphatic heterocycles.